The number of ether oxygens (including phenoxy) is 1. The van der Waals surface area contributed by atoms with Gasteiger partial charge in [0.1, 0.15) is 11.6 Å². The van der Waals surface area contributed by atoms with Crippen LogP contribution in [-0.2, 0) is 0 Å². The fraction of sp³-hybridized carbons (Fsp3) is 0.200. The van der Waals surface area contributed by atoms with Gasteiger partial charge in [0.05, 0.1) is 18.5 Å². The Morgan fingerprint density at radius 3 is 2.32 bits per heavy atom. The Bertz CT molecular complexity index is 568. The van der Waals surface area contributed by atoms with Gasteiger partial charge in [-0.05, 0) is 49.2 Å². The number of methoxy groups -OCH3 is 1. The Morgan fingerprint density at radius 2 is 1.79 bits per heavy atom. The molecule has 0 aromatic heterocycles. The molecule has 100 valence electrons. The summed E-state index contributed by atoms with van der Waals surface area (Å²) >= 11 is 0. The summed E-state index contributed by atoms with van der Waals surface area (Å²) in [6.45, 7) is 3.89. The first kappa shape index (κ1) is 13.2. The fourth-order valence-corrected chi connectivity index (χ4v) is 2.16. The molecule has 0 bridgehead atoms. The van der Waals surface area contributed by atoms with Crippen molar-refractivity contribution in [3.05, 3.63) is 47.3 Å². The second-order valence-corrected chi connectivity index (χ2v) is 4.47. The quantitative estimate of drug-likeness (QED) is 0.826. The Balaban J connectivity index is 2.39. The molecule has 2 aromatic rings. The second kappa shape index (κ2) is 5.18. The molecule has 4 heteroatoms. The number of benzene rings is 2. The van der Waals surface area contributed by atoms with Gasteiger partial charge in [0.2, 0.25) is 0 Å². The van der Waals surface area contributed by atoms with E-state index in [1.807, 2.05) is 26.0 Å². The minimum Gasteiger partial charge on any atom is -0.496 e. The van der Waals surface area contributed by atoms with E-state index >= 15 is 0 Å². The van der Waals surface area contributed by atoms with Crippen LogP contribution in [0.4, 0.5) is 21.5 Å². The smallest absolute Gasteiger partial charge is 0.148 e. The van der Waals surface area contributed by atoms with Gasteiger partial charge in [-0.15, -0.1) is 0 Å². The van der Waals surface area contributed by atoms with Crippen molar-refractivity contribution in [2.45, 2.75) is 13.8 Å². The van der Waals surface area contributed by atoms with Crippen LogP contribution in [0.3, 0.4) is 0 Å². The van der Waals surface area contributed by atoms with Crippen LogP contribution in [0, 0.1) is 19.7 Å². The van der Waals surface area contributed by atoms with Crippen LogP contribution in [-0.4, -0.2) is 7.11 Å². The minimum atomic E-state index is -0.369. The van der Waals surface area contributed by atoms with Gasteiger partial charge in [-0.3, -0.25) is 0 Å². The molecular formula is C15H17FN2O. The van der Waals surface area contributed by atoms with E-state index < -0.39 is 0 Å². The van der Waals surface area contributed by atoms with E-state index in [2.05, 4.69) is 5.32 Å². The van der Waals surface area contributed by atoms with E-state index in [1.165, 1.54) is 6.07 Å². The van der Waals surface area contributed by atoms with Crippen molar-refractivity contribution in [1.82, 2.24) is 0 Å². The lowest BCUT2D eigenvalue weighted by atomic mass is 10.1. The highest BCUT2D eigenvalue weighted by molar-refractivity contribution is 5.74. The first-order valence-electron chi connectivity index (χ1n) is 5.99. The van der Waals surface area contributed by atoms with Gasteiger partial charge >= 0.3 is 0 Å². The molecule has 0 fully saturated rings. The van der Waals surface area contributed by atoms with Crippen LogP contribution in [0.5, 0.6) is 5.75 Å². The molecule has 0 radical (unpaired) electrons. The van der Waals surface area contributed by atoms with Gasteiger partial charge < -0.3 is 15.8 Å². The van der Waals surface area contributed by atoms with Crippen LogP contribution in [0.15, 0.2) is 30.3 Å². The summed E-state index contributed by atoms with van der Waals surface area (Å²) in [5.41, 5.74) is 9.21. The van der Waals surface area contributed by atoms with Crippen molar-refractivity contribution in [2.75, 3.05) is 18.2 Å². The maximum atomic E-state index is 13.7. The van der Waals surface area contributed by atoms with Crippen LogP contribution >= 0.6 is 0 Å². The number of hydrogen-bond donors (Lipinski definition) is 2. The summed E-state index contributed by atoms with van der Waals surface area (Å²) in [4.78, 5) is 0. The van der Waals surface area contributed by atoms with E-state index in [1.54, 1.807) is 19.2 Å². The van der Waals surface area contributed by atoms with Crippen molar-refractivity contribution in [1.29, 1.82) is 0 Å². The molecule has 0 amide bonds. The molecule has 0 saturated carbocycles. The normalized spacial score (nSPS) is 10.3. The summed E-state index contributed by atoms with van der Waals surface area (Å²) in [6.07, 6.45) is 0. The molecule has 3 nitrogen and oxygen atoms in total. The van der Waals surface area contributed by atoms with E-state index in [-0.39, 0.29) is 5.82 Å². The second-order valence-electron chi connectivity index (χ2n) is 4.47. The Labute approximate surface area is 112 Å². The number of aryl methyl sites for hydroxylation is 2. The Morgan fingerprint density at radius 1 is 1.16 bits per heavy atom. The van der Waals surface area contributed by atoms with Crippen molar-refractivity contribution in [3.8, 4) is 5.75 Å². The lowest BCUT2D eigenvalue weighted by molar-refractivity contribution is 0.408. The number of rotatable bonds is 3. The number of halogens is 1. The largest absolute Gasteiger partial charge is 0.496 e. The van der Waals surface area contributed by atoms with Crippen molar-refractivity contribution >= 4 is 17.1 Å². The summed E-state index contributed by atoms with van der Waals surface area (Å²) in [5.74, 6) is 0.471. The summed E-state index contributed by atoms with van der Waals surface area (Å²) in [5, 5.41) is 3.02. The molecule has 0 unspecified atom stereocenters. The lowest BCUT2D eigenvalue weighted by Gasteiger charge is -2.14. The molecule has 19 heavy (non-hydrogen) atoms. The summed E-state index contributed by atoms with van der Waals surface area (Å²) in [7, 11) is 1.64. The van der Waals surface area contributed by atoms with Gasteiger partial charge in [-0.1, -0.05) is 6.07 Å². The average molecular weight is 260 g/mol. The zero-order chi connectivity index (χ0) is 14.0. The Hall–Kier alpha value is -2.23. The third-order valence-electron chi connectivity index (χ3n) is 2.98. The summed E-state index contributed by atoms with van der Waals surface area (Å²) in [6, 6.07) is 8.42. The van der Waals surface area contributed by atoms with Crippen molar-refractivity contribution in [2.24, 2.45) is 0 Å². The van der Waals surface area contributed by atoms with Crippen LogP contribution < -0.4 is 15.8 Å². The van der Waals surface area contributed by atoms with Crippen LogP contribution in [0.25, 0.3) is 0 Å². The molecule has 0 aliphatic heterocycles. The molecule has 2 aromatic carbocycles. The standard InChI is InChI=1S/C15H17FN2O/c1-9-7-11(8-10(2)15(9)19-3)18-14-12(16)5-4-6-13(14)17/h4-8,18H,17H2,1-3H3. The molecule has 2 rings (SSSR count). The molecule has 0 atom stereocenters. The molecule has 0 aliphatic rings. The maximum Gasteiger partial charge on any atom is 0.148 e. The predicted molar refractivity (Wildman–Crippen MR) is 76.6 cm³/mol. The van der Waals surface area contributed by atoms with Crippen LogP contribution in [0.2, 0.25) is 0 Å². The lowest BCUT2D eigenvalue weighted by Crippen LogP contribution is -2.00. The van der Waals surface area contributed by atoms with Gasteiger partial charge in [0.25, 0.3) is 0 Å². The van der Waals surface area contributed by atoms with Crippen LogP contribution in [0.1, 0.15) is 11.1 Å². The highest BCUT2D eigenvalue weighted by atomic mass is 19.1. The van der Waals surface area contributed by atoms with E-state index in [9.17, 15) is 4.39 Å². The topological polar surface area (TPSA) is 47.3 Å². The monoisotopic (exact) mass is 260 g/mol. The fourth-order valence-electron chi connectivity index (χ4n) is 2.16. The van der Waals surface area contributed by atoms with Crippen molar-refractivity contribution in [3.63, 3.8) is 0 Å². The number of nitrogen functional groups attached to an aromatic ring is 1. The molecule has 3 N–H and O–H groups in total. The predicted octanol–water partition coefficient (Wildman–Crippen LogP) is 3.78. The van der Waals surface area contributed by atoms with Crippen molar-refractivity contribution < 1.29 is 9.13 Å². The third-order valence-corrected chi connectivity index (χ3v) is 2.98. The first-order chi connectivity index (χ1) is 9.02. The highest BCUT2D eigenvalue weighted by Gasteiger charge is 2.09. The highest BCUT2D eigenvalue weighted by Crippen LogP contribution is 2.31. The average Bonchev–Trinajstić information content (AvgIpc) is 2.34. The number of nitrogens with two attached hydrogens (primary N) is 1. The molecular weight excluding hydrogens is 243 g/mol. The SMILES string of the molecule is COc1c(C)cc(Nc2c(N)cccc2F)cc1C. The van der Waals surface area contributed by atoms with Gasteiger partial charge in [0, 0.05) is 5.69 Å². The molecule has 0 aliphatic carbocycles. The maximum absolute atomic E-state index is 13.7. The number of hydrogen-bond acceptors (Lipinski definition) is 3. The number of para-hydroxylation sites is 1. The third kappa shape index (κ3) is 2.62. The number of nitrogens with one attached hydrogen (secondary N) is 1. The van der Waals surface area contributed by atoms with Gasteiger partial charge in [0.15, 0.2) is 0 Å². The minimum absolute atomic E-state index is 0.298. The van der Waals surface area contributed by atoms with E-state index in [4.69, 9.17) is 10.5 Å². The molecule has 0 saturated heterocycles. The van der Waals surface area contributed by atoms with E-state index in [0.717, 1.165) is 22.6 Å². The Kier molecular flexibility index (Phi) is 3.60. The molecule has 0 spiro atoms. The molecule has 0 heterocycles. The van der Waals surface area contributed by atoms with E-state index in [0.29, 0.717) is 11.4 Å². The zero-order valence-corrected chi connectivity index (χ0v) is 11.3. The van der Waals surface area contributed by atoms with Gasteiger partial charge in [-0.25, -0.2) is 4.39 Å². The summed E-state index contributed by atoms with van der Waals surface area (Å²) < 4.78 is 19.0. The number of anilines is 3. The van der Waals surface area contributed by atoms with Gasteiger partial charge in [-0.2, -0.15) is 0 Å². The zero-order valence-electron chi connectivity index (χ0n) is 11.3. The first-order valence-corrected chi connectivity index (χ1v) is 5.99.